The molecule has 0 saturated carbocycles. The van der Waals surface area contributed by atoms with Gasteiger partial charge in [0.2, 0.25) is 0 Å². The molecule has 0 aliphatic carbocycles. The summed E-state index contributed by atoms with van der Waals surface area (Å²) < 4.78 is 1.07. The maximum atomic E-state index is 9.95. The van der Waals surface area contributed by atoms with Gasteiger partial charge in [-0.3, -0.25) is 4.90 Å². The lowest BCUT2D eigenvalue weighted by Crippen LogP contribution is -2.55. The van der Waals surface area contributed by atoms with Crippen molar-refractivity contribution in [3.05, 3.63) is 34.3 Å². The Morgan fingerprint density at radius 3 is 2.79 bits per heavy atom. The highest BCUT2D eigenvalue weighted by Crippen LogP contribution is 2.45. The molecule has 0 spiro atoms. The fraction of sp³-hybridized carbons (Fsp3) is 0.562. The number of nitriles is 1. The Morgan fingerprint density at radius 2 is 2.00 bits per heavy atom. The van der Waals surface area contributed by atoms with Crippen LogP contribution in [0.15, 0.2) is 28.7 Å². The van der Waals surface area contributed by atoms with Crippen molar-refractivity contribution < 1.29 is 0 Å². The summed E-state index contributed by atoms with van der Waals surface area (Å²) in [6.07, 6.45) is 7.18. The van der Waals surface area contributed by atoms with Crippen LogP contribution in [-0.4, -0.2) is 17.5 Å². The molecular formula is C16H19BrN2. The van der Waals surface area contributed by atoms with Crippen LogP contribution < -0.4 is 0 Å². The van der Waals surface area contributed by atoms with Crippen LogP contribution in [-0.2, 0) is 5.54 Å². The number of hydrogen-bond donors (Lipinski definition) is 0. The lowest BCUT2D eigenvalue weighted by Gasteiger charge is -2.50. The number of benzene rings is 1. The summed E-state index contributed by atoms with van der Waals surface area (Å²) in [6, 6.07) is 11.5. The average Bonchev–Trinajstić information content (AvgIpc) is 2.47. The third-order valence-corrected chi connectivity index (χ3v) is 5.39. The van der Waals surface area contributed by atoms with Gasteiger partial charge in [0.15, 0.2) is 0 Å². The first kappa shape index (κ1) is 13.1. The van der Waals surface area contributed by atoms with E-state index in [2.05, 4.69) is 39.0 Å². The summed E-state index contributed by atoms with van der Waals surface area (Å²) in [5.41, 5.74) is 0.743. The molecule has 0 bridgehead atoms. The SMILES string of the molecule is N#CC1(c2ccccc2Br)CCCC2CCCCN21. The van der Waals surface area contributed by atoms with E-state index in [1.54, 1.807) is 0 Å². The molecule has 0 aromatic heterocycles. The molecule has 1 aromatic carbocycles. The minimum Gasteiger partial charge on any atom is -0.279 e. The number of hydrogen-bond acceptors (Lipinski definition) is 2. The summed E-state index contributed by atoms with van der Waals surface area (Å²) in [6.45, 7) is 1.07. The maximum absolute atomic E-state index is 9.95. The van der Waals surface area contributed by atoms with E-state index in [1.165, 1.54) is 25.7 Å². The molecule has 3 heteroatoms. The zero-order valence-electron chi connectivity index (χ0n) is 11.1. The van der Waals surface area contributed by atoms with E-state index in [0.717, 1.165) is 29.4 Å². The van der Waals surface area contributed by atoms with Crippen molar-refractivity contribution in [2.45, 2.75) is 50.1 Å². The van der Waals surface area contributed by atoms with Gasteiger partial charge in [-0.05, 0) is 38.2 Å². The molecule has 2 atom stereocenters. The zero-order valence-corrected chi connectivity index (χ0v) is 12.7. The van der Waals surface area contributed by atoms with E-state index in [0.29, 0.717) is 6.04 Å². The summed E-state index contributed by atoms with van der Waals surface area (Å²) in [4.78, 5) is 2.49. The van der Waals surface area contributed by atoms with Gasteiger partial charge in [0.25, 0.3) is 0 Å². The predicted octanol–water partition coefficient (Wildman–Crippen LogP) is 4.21. The molecule has 2 saturated heterocycles. The molecule has 2 unspecified atom stereocenters. The van der Waals surface area contributed by atoms with Crippen LogP contribution in [0.2, 0.25) is 0 Å². The molecule has 100 valence electrons. The summed E-state index contributed by atoms with van der Waals surface area (Å²) >= 11 is 3.65. The number of rotatable bonds is 1. The molecule has 19 heavy (non-hydrogen) atoms. The predicted molar refractivity (Wildman–Crippen MR) is 79.6 cm³/mol. The molecule has 0 amide bonds. The van der Waals surface area contributed by atoms with Crippen molar-refractivity contribution in [1.82, 2.24) is 4.90 Å². The molecule has 0 radical (unpaired) electrons. The summed E-state index contributed by atoms with van der Waals surface area (Å²) in [7, 11) is 0. The van der Waals surface area contributed by atoms with E-state index in [-0.39, 0.29) is 0 Å². The maximum Gasteiger partial charge on any atom is 0.136 e. The van der Waals surface area contributed by atoms with E-state index in [1.807, 2.05) is 12.1 Å². The second-order valence-electron chi connectivity index (χ2n) is 5.69. The van der Waals surface area contributed by atoms with Gasteiger partial charge in [-0.1, -0.05) is 40.5 Å². The standard InChI is InChI=1S/C16H19BrN2/c17-15-9-2-1-8-14(15)16(12-18)10-5-7-13-6-3-4-11-19(13)16/h1-2,8-9,13H,3-7,10-11H2. The van der Waals surface area contributed by atoms with Gasteiger partial charge in [0.1, 0.15) is 5.54 Å². The Bertz CT molecular complexity index is 506. The summed E-state index contributed by atoms with van der Waals surface area (Å²) in [5, 5.41) is 9.95. The van der Waals surface area contributed by atoms with Crippen molar-refractivity contribution in [2.24, 2.45) is 0 Å². The highest BCUT2D eigenvalue weighted by atomic mass is 79.9. The van der Waals surface area contributed by atoms with Gasteiger partial charge in [0, 0.05) is 22.6 Å². The quantitative estimate of drug-likeness (QED) is 0.775. The molecule has 2 heterocycles. The first-order valence-corrected chi connectivity index (χ1v) is 8.00. The zero-order chi connectivity index (χ0) is 13.3. The third-order valence-electron chi connectivity index (χ3n) is 4.70. The largest absolute Gasteiger partial charge is 0.279 e. The second-order valence-corrected chi connectivity index (χ2v) is 6.54. The fourth-order valence-electron chi connectivity index (χ4n) is 3.81. The van der Waals surface area contributed by atoms with Crippen LogP contribution in [0.25, 0.3) is 0 Å². The molecule has 3 rings (SSSR count). The Hall–Kier alpha value is -0.850. The first-order valence-electron chi connectivity index (χ1n) is 7.21. The normalized spacial score (nSPS) is 31.5. The van der Waals surface area contributed by atoms with Crippen LogP contribution in [0.1, 0.15) is 44.1 Å². The fourth-order valence-corrected chi connectivity index (χ4v) is 4.42. The van der Waals surface area contributed by atoms with Gasteiger partial charge >= 0.3 is 0 Å². The third kappa shape index (κ3) is 2.11. The Balaban J connectivity index is 2.07. The van der Waals surface area contributed by atoms with Crippen LogP contribution in [0.3, 0.4) is 0 Å². The monoisotopic (exact) mass is 318 g/mol. The van der Waals surface area contributed by atoms with Crippen LogP contribution in [0, 0.1) is 11.3 Å². The van der Waals surface area contributed by atoms with E-state index in [9.17, 15) is 5.26 Å². The van der Waals surface area contributed by atoms with Crippen molar-refractivity contribution in [3.63, 3.8) is 0 Å². The molecule has 2 fully saturated rings. The van der Waals surface area contributed by atoms with Crippen molar-refractivity contribution in [1.29, 1.82) is 5.26 Å². The van der Waals surface area contributed by atoms with Crippen LogP contribution in [0.4, 0.5) is 0 Å². The van der Waals surface area contributed by atoms with Gasteiger partial charge in [-0.2, -0.15) is 5.26 Å². The highest BCUT2D eigenvalue weighted by molar-refractivity contribution is 9.10. The second kappa shape index (κ2) is 5.26. The minimum atomic E-state index is -0.413. The molecule has 0 N–H and O–H groups in total. The van der Waals surface area contributed by atoms with Gasteiger partial charge < -0.3 is 0 Å². The Labute approximate surface area is 123 Å². The Morgan fingerprint density at radius 1 is 1.21 bits per heavy atom. The smallest absolute Gasteiger partial charge is 0.136 e. The highest BCUT2D eigenvalue weighted by Gasteiger charge is 2.46. The van der Waals surface area contributed by atoms with Crippen LogP contribution in [0.5, 0.6) is 0 Å². The number of piperidine rings is 2. The van der Waals surface area contributed by atoms with E-state index in [4.69, 9.17) is 0 Å². The minimum absolute atomic E-state index is 0.413. The van der Waals surface area contributed by atoms with Gasteiger partial charge in [-0.15, -0.1) is 0 Å². The molecule has 2 aliphatic rings. The molecule has 1 aromatic rings. The molecular weight excluding hydrogens is 300 g/mol. The number of halogens is 1. The lowest BCUT2D eigenvalue weighted by molar-refractivity contribution is 0.00822. The molecule has 2 aliphatic heterocycles. The van der Waals surface area contributed by atoms with Crippen molar-refractivity contribution in [3.8, 4) is 6.07 Å². The van der Waals surface area contributed by atoms with Crippen molar-refractivity contribution >= 4 is 15.9 Å². The van der Waals surface area contributed by atoms with E-state index >= 15 is 0 Å². The lowest BCUT2D eigenvalue weighted by atomic mass is 9.76. The first-order chi connectivity index (χ1) is 9.28. The molecule has 2 nitrogen and oxygen atoms in total. The Kier molecular flexibility index (Phi) is 3.64. The number of nitrogens with zero attached hydrogens (tertiary/aromatic N) is 2. The van der Waals surface area contributed by atoms with E-state index < -0.39 is 5.54 Å². The summed E-state index contributed by atoms with van der Waals surface area (Å²) in [5.74, 6) is 0. The van der Waals surface area contributed by atoms with Crippen molar-refractivity contribution in [2.75, 3.05) is 6.54 Å². The van der Waals surface area contributed by atoms with Gasteiger partial charge in [-0.25, -0.2) is 0 Å². The average molecular weight is 319 g/mol. The topological polar surface area (TPSA) is 27.0 Å². The van der Waals surface area contributed by atoms with Gasteiger partial charge in [0.05, 0.1) is 6.07 Å². The number of fused-ring (bicyclic) bond motifs is 1. The van der Waals surface area contributed by atoms with Crippen LogP contribution >= 0.6 is 15.9 Å².